The number of rotatable bonds is 6. The van der Waals surface area contributed by atoms with Gasteiger partial charge in [-0.05, 0) is 19.8 Å². The van der Waals surface area contributed by atoms with Crippen molar-refractivity contribution in [3.8, 4) is 0 Å². The summed E-state index contributed by atoms with van der Waals surface area (Å²) in [7, 11) is 0. The summed E-state index contributed by atoms with van der Waals surface area (Å²) in [5.74, 6) is 1.01. The van der Waals surface area contributed by atoms with E-state index in [0.717, 1.165) is 0 Å². The summed E-state index contributed by atoms with van der Waals surface area (Å²) in [5.41, 5.74) is 2.66. The van der Waals surface area contributed by atoms with Crippen molar-refractivity contribution in [2.75, 3.05) is 13.2 Å². The first-order valence-corrected chi connectivity index (χ1v) is 5.95. The van der Waals surface area contributed by atoms with Crippen LogP contribution in [0.25, 0.3) is 0 Å². The van der Waals surface area contributed by atoms with Crippen LogP contribution in [0.5, 0.6) is 0 Å². The van der Waals surface area contributed by atoms with Gasteiger partial charge in [0.25, 0.3) is 0 Å². The van der Waals surface area contributed by atoms with Crippen molar-refractivity contribution in [2.24, 2.45) is 11.8 Å². The van der Waals surface area contributed by atoms with Crippen LogP contribution in [-0.2, 0) is 9.53 Å². The summed E-state index contributed by atoms with van der Waals surface area (Å²) in [6.07, 6.45) is 4.87. The SMILES string of the molecule is CC1=CC=C(C)C1COCC(=O)CC(C)C. The van der Waals surface area contributed by atoms with Gasteiger partial charge >= 0.3 is 0 Å². The molecular formula is C14H22O2. The summed E-state index contributed by atoms with van der Waals surface area (Å²) >= 11 is 0. The number of hydrogen-bond donors (Lipinski definition) is 0. The lowest BCUT2D eigenvalue weighted by atomic mass is 9.99. The molecule has 0 fully saturated rings. The Morgan fingerprint density at radius 2 is 1.88 bits per heavy atom. The number of allylic oxidation sites excluding steroid dienone is 2. The van der Waals surface area contributed by atoms with Crippen LogP contribution in [0.3, 0.4) is 0 Å². The predicted molar refractivity (Wildman–Crippen MR) is 66.3 cm³/mol. The summed E-state index contributed by atoms with van der Waals surface area (Å²) in [6.45, 7) is 9.21. The summed E-state index contributed by atoms with van der Waals surface area (Å²) in [5, 5.41) is 0. The first kappa shape index (κ1) is 13.2. The molecule has 0 atom stereocenters. The standard InChI is InChI=1S/C14H22O2/c1-10(2)7-13(15)8-16-9-14-11(3)5-6-12(14)4/h5-6,10,14H,7-9H2,1-4H3. The van der Waals surface area contributed by atoms with Crippen LogP contribution in [0.1, 0.15) is 34.1 Å². The fourth-order valence-corrected chi connectivity index (χ4v) is 1.92. The molecule has 0 amide bonds. The quantitative estimate of drug-likeness (QED) is 0.690. The van der Waals surface area contributed by atoms with Crippen LogP contribution in [0, 0.1) is 11.8 Å². The Kier molecular flexibility index (Phi) is 4.94. The van der Waals surface area contributed by atoms with Crippen molar-refractivity contribution < 1.29 is 9.53 Å². The molecule has 2 heteroatoms. The Morgan fingerprint density at radius 1 is 1.31 bits per heavy atom. The van der Waals surface area contributed by atoms with E-state index in [2.05, 4.69) is 39.8 Å². The zero-order chi connectivity index (χ0) is 12.1. The van der Waals surface area contributed by atoms with Gasteiger partial charge in [-0.25, -0.2) is 0 Å². The number of ether oxygens (including phenoxy) is 1. The number of hydrogen-bond acceptors (Lipinski definition) is 2. The molecule has 0 N–H and O–H groups in total. The third kappa shape index (κ3) is 3.93. The summed E-state index contributed by atoms with van der Waals surface area (Å²) in [4.78, 5) is 11.4. The molecule has 2 nitrogen and oxygen atoms in total. The lowest BCUT2D eigenvalue weighted by Crippen LogP contribution is -2.16. The Morgan fingerprint density at radius 3 is 2.38 bits per heavy atom. The molecule has 0 aliphatic heterocycles. The van der Waals surface area contributed by atoms with E-state index in [1.165, 1.54) is 11.1 Å². The second-order valence-electron chi connectivity index (χ2n) is 5.03. The molecule has 0 aromatic heterocycles. The topological polar surface area (TPSA) is 26.3 Å². The van der Waals surface area contributed by atoms with Crippen molar-refractivity contribution in [3.63, 3.8) is 0 Å². The van der Waals surface area contributed by atoms with Gasteiger partial charge in [-0.15, -0.1) is 0 Å². The Balaban J connectivity index is 2.23. The Labute approximate surface area is 98.4 Å². The van der Waals surface area contributed by atoms with Crippen molar-refractivity contribution in [3.05, 3.63) is 23.3 Å². The van der Waals surface area contributed by atoms with Crippen LogP contribution >= 0.6 is 0 Å². The summed E-state index contributed by atoms with van der Waals surface area (Å²) in [6, 6.07) is 0. The number of Topliss-reactive ketones (excluding diaryl/α,β-unsaturated/α-hetero) is 1. The van der Waals surface area contributed by atoms with E-state index >= 15 is 0 Å². The third-order valence-corrected chi connectivity index (χ3v) is 2.89. The maximum Gasteiger partial charge on any atom is 0.158 e. The minimum atomic E-state index is 0.205. The molecule has 0 bridgehead atoms. The molecular weight excluding hydrogens is 200 g/mol. The van der Waals surface area contributed by atoms with Gasteiger partial charge in [-0.1, -0.05) is 37.1 Å². The van der Waals surface area contributed by atoms with Gasteiger partial charge in [0.15, 0.2) is 5.78 Å². The molecule has 90 valence electrons. The molecule has 0 saturated heterocycles. The molecule has 0 heterocycles. The van der Waals surface area contributed by atoms with Crippen molar-refractivity contribution in [2.45, 2.75) is 34.1 Å². The van der Waals surface area contributed by atoms with Crippen molar-refractivity contribution >= 4 is 5.78 Å². The largest absolute Gasteiger partial charge is 0.373 e. The number of carbonyl (C=O) groups is 1. The average Bonchev–Trinajstić information content (AvgIpc) is 2.47. The molecule has 16 heavy (non-hydrogen) atoms. The van der Waals surface area contributed by atoms with E-state index in [1.54, 1.807) is 0 Å². The maximum absolute atomic E-state index is 11.4. The van der Waals surface area contributed by atoms with E-state index in [-0.39, 0.29) is 12.4 Å². The minimum Gasteiger partial charge on any atom is -0.373 e. The van der Waals surface area contributed by atoms with E-state index < -0.39 is 0 Å². The normalized spacial score (nSPS) is 16.6. The third-order valence-electron chi connectivity index (χ3n) is 2.89. The van der Waals surface area contributed by atoms with Gasteiger partial charge in [0, 0.05) is 12.3 Å². The lowest BCUT2D eigenvalue weighted by Gasteiger charge is -2.14. The molecule has 1 aliphatic carbocycles. The molecule has 0 spiro atoms. The van der Waals surface area contributed by atoms with Gasteiger partial charge < -0.3 is 4.74 Å². The number of carbonyl (C=O) groups excluding carboxylic acids is 1. The summed E-state index contributed by atoms with van der Waals surface area (Å²) < 4.78 is 5.49. The van der Waals surface area contributed by atoms with E-state index in [4.69, 9.17) is 4.74 Å². The molecule has 1 rings (SSSR count). The first-order chi connectivity index (χ1) is 7.50. The molecule has 0 aromatic rings. The average molecular weight is 222 g/mol. The van der Waals surface area contributed by atoms with Crippen LogP contribution in [0.4, 0.5) is 0 Å². The van der Waals surface area contributed by atoms with Gasteiger partial charge in [0.1, 0.15) is 6.61 Å². The van der Waals surface area contributed by atoms with Crippen molar-refractivity contribution in [1.82, 2.24) is 0 Å². The predicted octanol–water partition coefficient (Wildman–Crippen LogP) is 3.14. The maximum atomic E-state index is 11.4. The van der Waals surface area contributed by atoms with Gasteiger partial charge in [-0.3, -0.25) is 4.79 Å². The fraction of sp³-hybridized carbons (Fsp3) is 0.643. The highest BCUT2D eigenvalue weighted by molar-refractivity contribution is 5.79. The zero-order valence-electron chi connectivity index (χ0n) is 10.7. The minimum absolute atomic E-state index is 0.205. The van der Waals surface area contributed by atoms with Gasteiger partial charge in [-0.2, -0.15) is 0 Å². The van der Waals surface area contributed by atoms with E-state index in [9.17, 15) is 4.79 Å². The molecule has 0 radical (unpaired) electrons. The highest BCUT2D eigenvalue weighted by atomic mass is 16.5. The lowest BCUT2D eigenvalue weighted by molar-refractivity contribution is -0.124. The second-order valence-corrected chi connectivity index (χ2v) is 5.03. The van der Waals surface area contributed by atoms with Gasteiger partial charge in [0.2, 0.25) is 0 Å². The van der Waals surface area contributed by atoms with Crippen LogP contribution in [-0.4, -0.2) is 19.0 Å². The van der Waals surface area contributed by atoms with Crippen molar-refractivity contribution in [1.29, 1.82) is 0 Å². The van der Waals surface area contributed by atoms with Crippen LogP contribution in [0.15, 0.2) is 23.3 Å². The molecule has 0 saturated carbocycles. The van der Waals surface area contributed by atoms with Crippen LogP contribution < -0.4 is 0 Å². The van der Waals surface area contributed by atoms with E-state index in [1.807, 2.05) is 0 Å². The van der Waals surface area contributed by atoms with E-state index in [0.29, 0.717) is 24.9 Å². The first-order valence-electron chi connectivity index (χ1n) is 5.95. The van der Waals surface area contributed by atoms with Gasteiger partial charge in [0.05, 0.1) is 6.61 Å². The molecule has 1 aliphatic rings. The number of ketones is 1. The highest BCUT2D eigenvalue weighted by Crippen LogP contribution is 2.26. The zero-order valence-corrected chi connectivity index (χ0v) is 10.7. The van der Waals surface area contributed by atoms with Crippen LogP contribution in [0.2, 0.25) is 0 Å². The smallest absolute Gasteiger partial charge is 0.158 e. The Bertz CT molecular complexity index is 293. The molecule has 0 aromatic carbocycles. The fourth-order valence-electron chi connectivity index (χ4n) is 1.92. The highest BCUT2D eigenvalue weighted by Gasteiger charge is 2.17. The Hall–Kier alpha value is -0.890. The monoisotopic (exact) mass is 222 g/mol. The molecule has 0 unspecified atom stereocenters. The second kappa shape index (κ2) is 6.00.